The molecule has 0 aliphatic rings. The maximum Gasteiger partial charge on any atom is 0.408 e. The van der Waals surface area contributed by atoms with Gasteiger partial charge in [0, 0.05) is 12.8 Å². The number of carboxylic acid groups (broad SMARTS) is 1. The highest BCUT2D eigenvalue weighted by atomic mass is 16.5. The van der Waals surface area contributed by atoms with Crippen molar-refractivity contribution in [2.24, 2.45) is 0 Å². The van der Waals surface area contributed by atoms with Crippen molar-refractivity contribution in [3.63, 3.8) is 0 Å². The van der Waals surface area contributed by atoms with E-state index < -0.39 is 30.1 Å². The summed E-state index contributed by atoms with van der Waals surface area (Å²) >= 11 is 0. The Balaban J connectivity index is 1.40. The zero-order chi connectivity index (χ0) is 28.9. The molecule has 41 heavy (non-hydrogen) atoms. The van der Waals surface area contributed by atoms with Crippen LogP contribution in [0, 0.1) is 0 Å². The van der Waals surface area contributed by atoms with Crippen molar-refractivity contribution in [3.05, 3.63) is 138 Å². The van der Waals surface area contributed by atoms with E-state index in [9.17, 15) is 19.5 Å². The number of hydrogen-bond acceptors (Lipinski definition) is 5. The average molecular weight is 553 g/mol. The van der Waals surface area contributed by atoms with Crippen molar-refractivity contribution in [3.8, 4) is 5.75 Å². The number of amides is 2. The molecule has 4 aromatic carbocycles. The molecule has 0 aliphatic heterocycles. The van der Waals surface area contributed by atoms with Crippen LogP contribution < -0.4 is 15.4 Å². The molecule has 2 atom stereocenters. The van der Waals surface area contributed by atoms with Crippen molar-refractivity contribution in [2.75, 3.05) is 0 Å². The van der Waals surface area contributed by atoms with Crippen LogP contribution in [0.2, 0.25) is 0 Å². The van der Waals surface area contributed by atoms with E-state index in [0.717, 1.165) is 16.7 Å². The van der Waals surface area contributed by atoms with Gasteiger partial charge in [-0.3, -0.25) is 4.79 Å². The smallest absolute Gasteiger partial charge is 0.408 e. The van der Waals surface area contributed by atoms with Crippen LogP contribution in [-0.4, -0.2) is 35.2 Å². The van der Waals surface area contributed by atoms with Gasteiger partial charge in [0.05, 0.1) is 0 Å². The second kappa shape index (κ2) is 14.9. The fourth-order valence-electron chi connectivity index (χ4n) is 4.18. The molecule has 8 heteroatoms. The third-order valence-corrected chi connectivity index (χ3v) is 6.31. The van der Waals surface area contributed by atoms with Gasteiger partial charge >= 0.3 is 12.1 Å². The molecule has 0 aliphatic carbocycles. The summed E-state index contributed by atoms with van der Waals surface area (Å²) in [4.78, 5) is 38.0. The van der Waals surface area contributed by atoms with Gasteiger partial charge in [-0.05, 0) is 34.4 Å². The van der Waals surface area contributed by atoms with Gasteiger partial charge < -0.3 is 25.2 Å². The van der Waals surface area contributed by atoms with E-state index in [1.807, 2.05) is 91.0 Å². The summed E-state index contributed by atoms with van der Waals surface area (Å²) in [5.41, 5.74) is 3.28. The van der Waals surface area contributed by atoms with Crippen LogP contribution in [0.1, 0.15) is 22.3 Å². The van der Waals surface area contributed by atoms with Gasteiger partial charge in [0.15, 0.2) is 0 Å². The first kappa shape index (κ1) is 28.9. The lowest BCUT2D eigenvalue weighted by molar-refractivity contribution is -0.142. The van der Waals surface area contributed by atoms with Crippen LogP contribution in [0.5, 0.6) is 5.75 Å². The third-order valence-electron chi connectivity index (χ3n) is 6.31. The molecule has 0 aromatic heterocycles. The van der Waals surface area contributed by atoms with Gasteiger partial charge in [-0.15, -0.1) is 0 Å². The summed E-state index contributed by atoms with van der Waals surface area (Å²) in [6.07, 6.45) is -0.595. The molecule has 3 N–H and O–H groups in total. The van der Waals surface area contributed by atoms with Crippen LogP contribution in [-0.2, 0) is 40.4 Å². The molecule has 0 heterocycles. The minimum atomic E-state index is -1.23. The van der Waals surface area contributed by atoms with Gasteiger partial charge in [0.2, 0.25) is 5.91 Å². The Bertz CT molecular complexity index is 1410. The van der Waals surface area contributed by atoms with Crippen molar-refractivity contribution in [1.29, 1.82) is 0 Å². The summed E-state index contributed by atoms with van der Waals surface area (Å²) in [6.45, 7) is 0.406. The summed E-state index contributed by atoms with van der Waals surface area (Å²) in [7, 11) is 0. The van der Waals surface area contributed by atoms with E-state index in [2.05, 4.69) is 10.6 Å². The molecular weight excluding hydrogens is 520 g/mol. The number of rotatable bonds is 13. The van der Waals surface area contributed by atoms with Gasteiger partial charge in [-0.2, -0.15) is 0 Å². The number of carbonyl (C=O) groups is 3. The molecule has 0 fully saturated rings. The van der Waals surface area contributed by atoms with E-state index in [1.165, 1.54) is 0 Å². The Morgan fingerprint density at radius 2 is 1.15 bits per heavy atom. The second-order valence-electron chi connectivity index (χ2n) is 9.47. The summed E-state index contributed by atoms with van der Waals surface area (Å²) in [6, 6.07) is 32.8. The zero-order valence-corrected chi connectivity index (χ0v) is 22.4. The molecule has 4 aromatic rings. The maximum absolute atomic E-state index is 13.3. The number of alkyl carbamates (subject to hydrolysis) is 1. The monoisotopic (exact) mass is 552 g/mol. The molecule has 210 valence electrons. The fraction of sp³-hybridized carbons (Fsp3) is 0.182. The van der Waals surface area contributed by atoms with Crippen LogP contribution >= 0.6 is 0 Å². The highest BCUT2D eigenvalue weighted by Crippen LogP contribution is 2.17. The number of aliphatic carboxylic acids is 1. The molecule has 0 radical (unpaired) electrons. The Hall–Kier alpha value is -5.11. The number of hydrogen-bond donors (Lipinski definition) is 3. The minimum absolute atomic E-state index is 0.0279. The van der Waals surface area contributed by atoms with Gasteiger partial charge in [0.25, 0.3) is 0 Å². The quantitative estimate of drug-likeness (QED) is 0.217. The molecule has 0 spiro atoms. The molecule has 4 rings (SSSR count). The summed E-state index contributed by atoms with van der Waals surface area (Å²) < 4.78 is 11.2. The highest BCUT2D eigenvalue weighted by Gasteiger charge is 2.27. The number of nitrogens with one attached hydrogen (secondary N) is 2. The first-order valence-corrected chi connectivity index (χ1v) is 13.3. The van der Waals surface area contributed by atoms with Crippen LogP contribution in [0.3, 0.4) is 0 Å². The van der Waals surface area contributed by atoms with Gasteiger partial charge in [-0.1, -0.05) is 103 Å². The topological polar surface area (TPSA) is 114 Å². The Labute approximate surface area is 238 Å². The highest BCUT2D eigenvalue weighted by molar-refractivity contribution is 5.89. The van der Waals surface area contributed by atoms with E-state index in [0.29, 0.717) is 17.9 Å². The lowest BCUT2D eigenvalue weighted by Crippen LogP contribution is -2.53. The predicted octanol–water partition coefficient (Wildman–Crippen LogP) is 4.92. The largest absolute Gasteiger partial charge is 0.489 e. The number of ether oxygens (including phenoxy) is 2. The lowest BCUT2D eigenvalue weighted by Gasteiger charge is -2.22. The minimum Gasteiger partial charge on any atom is -0.489 e. The fourth-order valence-corrected chi connectivity index (χ4v) is 4.18. The molecule has 0 saturated carbocycles. The van der Waals surface area contributed by atoms with Crippen LogP contribution in [0.4, 0.5) is 4.79 Å². The van der Waals surface area contributed by atoms with Crippen molar-refractivity contribution in [2.45, 2.75) is 38.1 Å². The predicted molar refractivity (Wildman–Crippen MR) is 154 cm³/mol. The lowest BCUT2D eigenvalue weighted by atomic mass is 10.0. The van der Waals surface area contributed by atoms with E-state index in [-0.39, 0.29) is 19.4 Å². The Morgan fingerprint density at radius 1 is 0.610 bits per heavy atom. The molecule has 0 bridgehead atoms. The van der Waals surface area contributed by atoms with Crippen molar-refractivity contribution < 1.29 is 29.0 Å². The average Bonchev–Trinajstić information content (AvgIpc) is 3.00. The number of carbonyl (C=O) groups excluding carboxylic acids is 2. The summed E-state index contributed by atoms with van der Waals surface area (Å²) in [5, 5.41) is 15.1. The van der Waals surface area contributed by atoms with Crippen molar-refractivity contribution >= 4 is 18.0 Å². The van der Waals surface area contributed by atoms with Crippen LogP contribution in [0.15, 0.2) is 115 Å². The Morgan fingerprint density at radius 3 is 1.76 bits per heavy atom. The van der Waals surface area contributed by atoms with Crippen molar-refractivity contribution in [1.82, 2.24) is 10.6 Å². The zero-order valence-electron chi connectivity index (χ0n) is 22.4. The molecule has 8 nitrogen and oxygen atoms in total. The van der Waals surface area contributed by atoms with E-state index in [1.54, 1.807) is 24.3 Å². The maximum atomic E-state index is 13.3. The first-order chi connectivity index (χ1) is 20.0. The molecule has 0 unspecified atom stereocenters. The normalized spacial score (nSPS) is 12.0. The Kier molecular flexibility index (Phi) is 10.5. The SMILES string of the molecule is O=C(N[C@H](Cc1ccccc1)C(=O)N[C@H](Cc1cccc(OCc2ccccc2)c1)C(=O)O)OCc1ccccc1. The first-order valence-electron chi connectivity index (χ1n) is 13.3. The molecule has 2 amide bonds. The van der Waals surface area contributed by atoms with Gasteiger partial charge in [-0.25, -0.2) is 9.59 Å². The van der Waals surface area contributed by atoms with Crippen LogP contribution in [0.25, 0.3) is 0 Å². The second-order valence-corrected chi connectivity index (χ2v) is 9.47. The van der Waals surface area contributed by atoms with E-state index >= 15 is 0 Å². The van der Waals surface area contributed by atoms with E-state index in [4.69, 9.17) is 9.47 Å². The number of carboxylic acids is 1. The standard InChI is InChI=1S/C33H32N2O6/c36-31(29(20-24-11-4-1-5-12-24)35-33(39)41-23-26-15-8-3-9-16-26)34-30(32(37)38)21-27-17-10-18-28(19-27)40-22-25-13-6-2-7-14-25/h1-19,29-30H,20-23H2,(H,34,36)(H,35,39)(H,37,38)/t29-,30-/m1/s1. The molecule has 0 saturated heterocycles. The van der Waals surface area contributed by atoms with Gasteiger partial charge in [0.1, 0.15) is 31.0 Å². The third kappa shape index (κ3) is 9.54. The molecular formula is C33H32N2O6. The summed E-state index contributed by atoms with van der Waals surface area (Å²) in [5.74, 6) is -1.24. The number of benzene rings is 4.